The van der Waals surface area contributed by atoms with Gasteiger partial charge in [-0.1, -0.05) is 30.3 Å². The van der Waals surface area contributed by atoms with E-state index < -0.39 is 5.91 Å². The van der Waals surface area contributed by atoms with Crippen LogP contribution in [0.15, 0.2) is 66.1 Å². The first-order valence-electron chi connectivity index (χ1n) is 8.06. The van der Waals surface area contributed by atoms with Crippen molar-refractivity contribution in [1.29, 1.82) is 0 Å². The van der Waals surface area contributed by atoms with Crippen molar-refractivity contribution in [2.75, 3.05) is 5.32 Å². The Bertz CT molecular complexity index is 975. The highest BCUT2D eigenvalue weighted by atomic mass is 32.1. The number of hydrogen-bond donors (Lipinski definition) is 2. The van der Waals surface area contributed by atoms with E-state index in [4.69, 9.17) is 5.73 Å². The molecule has 0 radical (unpaired) electrons. The second kappa shape index (κ2) is 7.80. The van der Waals surface area contributed by atoms with Crippen molar-refractivity contribution in [3.8, 4) is 10.4 Å². The molecule has 130 valence electrons. The van der Waals surface area contributed by atoms with Gasteiger partial charge in [-0.05, 0) is 59.3 Å². The van der Waals surface area contributed by atoms with E-state index in [9.17, 15) is 9.59 Å². The summed E-state index contributed by atoms with van der Waals surface area (Å²) in [6.45, 7) is 1.95. The number of benzene rings is 2. The van der Waals surface area contributed by atoms with E-state index in [0.29, 0.717) is 5.56 Å². The molecular weight excluding hydrogens is 344 g/mol. The standard InChI is InChI=1S/C21H18N2O2S/c1-14-7-9-16(19-6-3-11-26-19)13-18(14)23-20(24)10-8-15-4-2-5-17(12-15)21(22)25/h2-13H,1H3,(H2,22,25)(H,23,24)/b10-8+. The lowest BCUT2D eigenvalue weighted by molar-refractivity contribution is -0.111. The van der Waals surface area contributed by atoms with Gasteiger partial charge in [-0.25, -0.2) is 0 Å². The van der Waals surface area contributed by atoms with Crippen molar-refractivity contribution < 1.29 is 9.59 Å². The number of carbonyl (C=O) groups is 2. The summed E-state index contributed by atoms with van der Waals surface area (Å²) in [5.74, 6) is -0.730. The van der Waals surface area contributed by atoms with Crippen molar-refractivity contribution in [2.24, 2.45) is 5.73 Å². The van der Waals surface area contributed by atoms with Gasteiger partial charge in [-0.3, -0.25) is 9.59 Å². The largest absolute Gasteiger partial charge is 0.366 e. The Morgan fingerprint density at radius 3 is 2.65 bits per heavy atom. The lowest BCUT2D eigenvalue weighted by atomic mass is 10.1. The molecule has 0 atom stereocenters. The molecule has 0 aliphatic rings. The third kappa shape index (κ3) is 4.26. The SMILES string of the molecule is Cc1ccc(-c2cccs2)cc1NC(=O)/C=C/c1cccc(C(N)=O)c1. The first kappa shape index (κ1) is 17.6. The number of hydrogen-bond acceptors (Lipinski definition) is 3. The lowest BCUT2D eigenvalue weighted by Gasteiger charge is -2.08. The van der Waals surface area contributed by atoms with Crippen LogP contribution in [0.1, 0.15) is 21.5 Å². The highest BCUT2D eigenvalue weighted by Gasteiger charge is 2.06. The Hall–Kier alpha value is -3.18. The lowest BCUT2D eigenvalue weighted by Crippen LogP contribution is -2.10. The number of carbonyl (C=O) groups excluding carboxylic acids is 2. The summed E-state index contributed by atoms with van der Waals surface area (Å²) < 4.78 is 0. The van der Waals surface area contributed by atoms with Crippen LogP contribution in [0, 0.1) is 6.92 Å². The zero-order valence-electron chi connectivity index (χ0n) is 14.2. The van der Waals surface area contributed by atoms with Gasteiger partial charge in [0.1, 0.15) is 0 Å². The van der Waals surface area contributed by atoms with Crippen LogP contribution in [0.5, 0.6) is 0 Å². The topological polar surface area (TPSA) is 72.2 Å². The molecule has 0 unspecified atom stereocenters. The summed E-state index contributed by atoms with van der Waals surface area (Å²) in [6.07, 6.45) is 3.09. The molecule has 2 aromatic carbocycles. The third-order valence-corrected chi connectivity index (χ3v) is 4.82. The molecule has 4 nitrogen and oxygen atoms in total. The molecular formula is C21H18N2O2S. The van der Waals surface area contributed by atoms with Crippen molar-refractivity contribution in [2.45, 2.75) is 6.92 Å². The normalized spacial score (nSPS) is 10.8. The number of amides is 2. The summed E-state index contributed by atoms with van der Waals surface area (Å²) in [4.78, 5) is 24.6. The summed E-state index contributed by atoms with van der Waals surface area (Å²) in [6, 6.07) is 16.9. The van der Waals surface area contributed by atoms with Crippen LogP contribution in [0.2, 0.25) is 0 Å². The Kier molecular flexibility index (Phi) is 5.29. The number of thiophene rings is 1. The highest BCUT2D eigenvalue weighted by Crippen LogP contribution is 2.28. The minimum atomic E-state index is -0.495. The quantitative estimate of drug-likeness (QED) is 0.657. The van der Waals surface area contributed by atoms with E-state index in [-0.39, 0.29) is 5.91 Å². The summed E-state index contributed by atoms with van der Waals surface area (Å²) >= 11 is 1.66. The summed E-state index contributed by atoms with van der Waals surface area (Å²) in [7, 11) is 0. The van der Waals surface area contributed by atoms with Gasteiger partial charge < -0.3 is 11.1 Å². The van der Waals surface area contributed by atoms with Crippen LogP contribution in [0.3, 0.4) is 0 Å². The number of rotatable bonds is 5. The zero-order chi connectivity index (χ0) is 18.5. The second-order valence-corrected chi connectivity index (χ2v) is 6.77. The molecule has 0 aliphatic heterocycles. The van der Waals surface area contributed by atoms with E-state index in [1.165, 1.54) is 6.08 Å². The number of nitrogens with two attached hydrogens (primary N) is 1. The molecule has 26 heavy (non-hydrogen) atoms. The van der Waals surface area contributed by atoms with Gasteiger partial charge in [0, 0.05) is 22.2 Å². The Labute approximate surface area is 156 Å². The molecule has 3 aromatic rings. The fourth-order valence-corrected chi connectivity index (χ4v) is 3.22. The maximum Gasteiger partial charge on any atom is 0.248 e. The predicted molar refractivity (Wildman–Crippen MR) is 107 cm³/mol. The Morgan fingerprint density at radius 1 is 1.08 bits per heavy atom. The van der Waals surface area contributed by atoms with E-state index in [0.717, 1.165) is 27.3 Å². The molecule has 0 fully saturated rings. The molecule has 3 N–H and O–H groups in total. The van der Waals surface area contributed by atoms with Crippen LogP contribution in [0.4, 0.5) is 5.69 Å². The number of primary amides is 1. The smallest absolute Gasteiger partial charge is 0.248 e. The van der Waals surface area contributed by atoms with Gasteiger partial charge in [0.25, 0.3) is 0 Å². The first-order valence-corrected chi connectivity index (χ1v) is 8.94. The maximum atomic E-state index is 12.3. The average molecular weight is 362 g/mol. The van der Waals surface area contributed by atoms with Crippen molar-refractivity contribution >= 4 is 34.9 Å². The molecule has 0 saturated carbocycles. The molecule has 0 spiro atoms. The van der Waals surface area contributed by atoms with Gasteiger partial charge in [-0.15, -0.1) is 11.3 Å². The fourth-order valence-electron chi connectivity index (χ4n) is 2.49. The number of aryl methyl sites for hydroxylation is 1. The van der Waals surface area contributed by atoms with Crippen LogP contribution >= 0.6 is 11.3 Å². The van der Waals surface area contributed by atoms with E-state index in [1.54, 1.807) is 41.7 Å². The van der Waals surface area contributed by atoms with Gasteiger partial charge >= 0.3 is 0 Å². The number of nitrogens with one attached hydrogen (secondary N) is 1. The molecule has 0 saturated heterocycles. The molecule has 0 bridgehead atoms. The summed E-state index contributed by atoms with van der Waals surface area (Å²) in [5, 5.41) is 4.93. The zero-order valence-corrected chi connectivity index (χ0v) is 15.0. The van der Waals surface area contributed by atoms with E-state index >= 15 is 0 Å². The molecule has 5 heteroatoms. The monoisotopic (exact) mass is 362 g/mol. The van der Waals surface area contributed by atoms with Gasteiger partial charge in [0.05, 0.1) is 0 Å². The van der Waals surface area contributed by atoms with Gasteiger partial charge in [-0.2, -0.15) is 0 Å². The second-order valence-electron chi connectivity index (χ2n) is 5.82. The minimum absolute atomic E-state index is 0.235. The Balaban J connectivity index is 1.75. The molecule has 2 amide bonds. The van der Waals surface area contributed by atoms with Gasteiger partial charge in [0.15, 0.2) is 0 Å². The first-order chi connectivity index (χ1) is 12.5. The third-order valence-electron chi connectivity index (χ3n) is 3.90. The van der Waals surface area contributed by atoms with Crippen molar-refractivity contribution in [1.82, 2.24) is 0 Å². The van der Waals surface area contributed by atoms with Crippen LogP contribution in [0.25, 0.3) is 16.5 Å². The maximum absolute atomic E-state index is 12.3. The summed E-state index contributed by atoms with van der Waals surface area (Å²) in [5.41, 5.74) is 9.25. The van der Waals surface area contributed by atoms with Crippen LogP contribution in [-0.2, 0) is 4.79 Å². The predicted octanol–water partition coefficient (Wildman–Crippen LogP) is 4.47. The van der Waals surface area contributed by atoms with Crippen LogP contribution in [-0.4, -0.2) is 11.8 Å². The van der Waals surface area contributed by atoms with Crippen molar-refractivity contribution in [3.63, 3.8) is 0 Å². The average Bonchev–Trinajstić information content (AvgIpc) is 3.17. The molecule has 1 heterocycles. The van der Waals surface area contributed by atoms with Gasteiger partial charge in [0.2, 0.25) is 11.8 Å². The van der Waals surface area contributed by atoms with E-state index in [2.05, 4.69) is 5.32 Å². The molecule has 0 aliphatic carbocycles. The minimum Gasteiger partial charge on any atom is -0.366 e. The van der Waals surface area contributed by atoms with E-state index in [1.807, 2.05) is 42.6 Å². The molecule has 3 rings (SSSR count). The fraction of sp³-hybridized carbons (Fsp3) is 0.0476. The highest BCUT2D eigenvalue weighted by molar-refractivity contribution is 7.13. The molecule has 1 aromatic heterocycles. The van der Waals surface area contributed by atoms with Crippen LogP contribution < -0.4 is 11.1 Å². The van der Waals surface area contributed by atoms with Crippen molar-refractivity contribution in [3.05, 3.63) is 82.7 Å². The Morgan fingerprint density at radius 2 is 1.92 bits per heavy atom. The number of anilines is 1.